The molecular formula is C14H16BrN3O3S2. The number of carbonyl (C=O) groups is 1. The second-order valence-corrected chi connectivity index (χ2v) is 8.81. The average molecular weight is 418 g/mol. The number of aromatic nitrogens is 1. The number of thiazole rings is 1. The number of nitrogens with zero attached hydrogens (tertiary/aromatic N) is 2. The Morgan fingerprint density at radius 2 is 1.96 bits per heavy atom. The van der Waals surface area contributed by atoms with Crippen LogP contribution in [0.15, 0.2) is 32.9 Å². The number of anilines is 1. The van der Waals surface area contributed by atoms with Gasteiger partial charge < -0.3 is 0 Å². The monoisotopic (exact) mass is 417 g/mol. The van der Waals surface area contributed by atoms with Crippen molar-refractivity contribution in [3.63, 3.8) is 0 Å². The van der Waals surface area contributed by atoms with Crippen molar-refractivity contribution >= 4 is 48.3 Å². The Kier molecular flexibility index (Phi) is 5.56. The van der Waals surface area contributed by atoms with Crippen molar-refractivity contribution in [2.45, 2.75) is 17.6 Å². The molecule has 124 valence electrons. The number of hydrogen-bond acceptors (Lipinski definition) is 5. The molecule has 0 saturated carbocycles. The van der Waals surface area contributed by atoms with Crippen LogP contribution in [0.5, 0.6) is 0 Å². The second-order valence-electron chi connectivity index (χ2n) is 4.83. The maximum absolute atomic E-state index is 12.4. The lowest BCUT2D eigenvalue weighted by Crippen LogP contribution is -2.27. The third kappa shape index (κ3) is 4.17. The molecule has 23 heavy (non-hydrogen) atoms. The lowest BCUT2D eigenvalue weighted by Gasteiger charge is -2.13. The molecule has 1 aromatic heterocycles. The van der Waals surface area contributed by atoms with E-state index in [0.29, 0.717) is 10.8 Å². The number of nitrogens with one attached hydrogen (secondary N) is 1. The maximum atomic E-state index is 12.4. The van der Waals surface area contributed by atoms with E-state index in [0.717, 1.165) is 21.4 Å². The Labute approximate surface area is 147 Å². The fraction of sp³-hybridized carbons (Fsp3) is 0.286. The van der Waals surface area contributed by atoms with E-state index in [1.807, 2.05) is 24.3 Å². The summed E-state index contributed by atoms with van der Waals surface area (Å²) in [6.45, 7) is 1.61. The Morgan fingerprint density at radius 3 is 2.52 bits per heavy atom. The number of rotatable bonds is 5. The molecule has 0 bridgehead atoms. The first kappa shape index (κ1) is 18.1. The van der Waals surface area contributed by atoms with Crippen LogP contribution in [0.25, 0.3) is 0 Å². The highest BCUT2D eigenvalue weighted by Crippen LogP contribution is 2.29. The van der Waals surface area contributed by atoms with E-state index in [1.54, 1.807) is 14.0 Å². The Morgan fingerprint density at radius 1 is 1.35 bits per heavy atom. The van der Waals surface area contributed by atoms with Crippen LogP contribution >= 0.6 is 27.3 Å². The van der Waals surface area contributed by atoms with E-state index in [2.05, 4.69) is 25.6 Å². The fourth-order valence-corrected chi connectivity index (χ4v) is 4.43. The summed E-state index contributed by atoms with van der Waals surface area (Å²) >= 11 is 4.32. The number of benzene rings is 1. The number of sulfonamides is 1. The van der Waals surface area contributed by atoms with E-state index >= 15 is 0 Å². The minimum absolute atomic E-state index is 0.123. The molecule has 2 rings (SSSR count). The third-order valence-corrected chi connectivity index (χ3v) is 6.97. The van der Waals surface area contributed by atoms with Gasteiger partial charge in [0.1, 0.15) is 0 Å². The highest BCUT2D eigenvalue weighted by molar-refractivity contribution is 9.10. The molecule has 1 N–H and O–H groups in total. The number of hydrogen-bond donors (Lipinski definition) is 1. The molecule has 6 nitrogen and oxygen atoms in total. The summed E-state index contributed by atoms with van der Waals surface area (Å²) in [5.41, 5.74) is 1.25. The van der Waals surface area contributed by atoms with Gasteiger partial charge in [-0.15, -0.1) is 0 Å². The molecule has 0 aliphatic rings. The number of aryl methyl sites for hydroxylation is 1. The molecule has 0 aliphatic carbocycles. The lowest BCUT2D eigenvalue weighted by molar-refractivity contribution is -0.117. The van der Waals surface area contributed by atoms with Gasteiger partial charge in [-0.25, -0.2) is 18.1 Å². The summed E-state index contributed by atoms with van der Waals surface area (Å²) in [6, 6.07) is 7.46. The Balaban J connectivity index is 2.20. The van der Waals surface area contributed by atoms with Crippen LogP contribution in [-0.2, 0) is 21.2 Å². The average Bonchev–Trinajstić information content (AvgIpc) is 2.91. The van der Waals surface area contributed by atoms with E-state index in [1.165, 1.54) is 11.9 Å². The van der Waals surface area contributed by atoms with Gasteiger partial charge in [0.2, 0.25) is 5.91 Å². The van der Waals surface area contributed by atoms with Crippen LogP contribution in [0.3, 0.4) is 0 Å². The van der Waals surface area contributed by atoms with E-state index < -0.39 is 10.0 Å². The first-order valence-corrected chi connectivity index (χ1v) is 9.76. The smallest absolute Gasteiger partial charge is 0.251 e. The topological polar surface area (TPSA) is 79.4 Å². The molecule has 0 saturated heterocycles. The van der Waals surface area contributed by atoms with Gasteiger partial charge >= 0.3 is 0 Å². The summed E-state index contributed by atoms with van der Waals surface area (Å²) in [5.74, 6) is -0.158. The fourth-order valence-electron chi connectivity index (χ4n) is 1.86. The minimum Gasteiger partial charge on any atom is -0.291 e. The van der Waals surface area contributed by atoms with Crippen molar-refractivity contribution in [2.75, 3.05) is 19.0 Å². The first-order chi connectivity index (χ1) is 10.7. The van der Waals surface area contributed by atoms with Gasteiger partial charge in [-0.1, -0.05) is 39.4 Å². The predicted octanol–water partition coefficient (Wildman–Crippen LogP) is 2.33. The van der Waals surface area contributed by atoms with Gasteiger partial charge in [0.15, 0.2) is 9.34 Å². The van der Waals surface area contributed by atoms with E-state index in [9.17, 15) is 13.2 Å². The number of carbonyl (C=O) groups excluding carboxylic acids is 1. The molecule has 0 spiro atoms. The highest BCUT2D eigenvalue weighted by Gasteiger charge is 2.23. The van der Waals surface area contributed by atoms with Gasteiger partial charge in [-0.2, -0.15) is 0 Å². The molecule has 2 aromatic rings. The largest absolute Gasteiger partial charge is 0.291 e. The first-order valence-electron chi connectivity index (χ1n) is 6.66. The zero-order valence-electron chi connectivity index (χ0n) is 12.8. The summed E-state index contributed by atoms with van der Waals surface area (Å²) in [7, 11) is -0.632. The Bertz CT molecular complexity index is 816. The van der Waals surface area contributed by atoms with Crippen molar-refractivity contribution in [1.82, 2.24) is 9.71 Å². The van der Waals surface area contributed by atoms with Crippen LogP contribution in [0.4, 0.5) is 5.13 Å². The highest BCUT2D eigenvalue weighted by atomic mass is 79.9. The maximum Gasteiger partial charge on any atom is 0.251 e. The number of halogens is 1. The molecule has 0 aliphatic heterocycles. The van der Waals surface area contributed by atoms with Gasteiger partial charge in [0.25, 0.3) is 10.0 Å². The van der Waals surface area contributed by atoms with Crippen LogP contribution < -0.4 is 9.62 Å². The predicted molar refractivity (Wildman–Crippen MR) is 94.4 cm³/mol. The van der Waals surface area contributed by atoms with E-state index in [4.69, 9.17) is 0 Å². The van der Waals surface area contributed by atoms with Gasteiger partial charge in [0, 0.05) is 11.5 Å². The van der Waals surface area contributed by atoms with Crippen molar-refractivity contribution in [1.29, 1.82) is 0 Å². The molecule has 1 heterocycles. The zero-order chi connectivity index (χ0) is 17.2. The van der Waals surface area contributed by atoms with E-state index in [-0.39, 0.29) is 16.5 Å². The van der Waals surface area contributed by atoms with Crippen LogP contribution in [0.1, 0.15) is 11.3 Å². The molecule has 0 atom stereocenters. The molecule has 1 amide bonds. The Hall–Kier alpha value is -1.29. The second kappa shape index (κ2) is 7.08. The summed E-state index contributed by atoms with van der Waals surface area (Å²) in [6.07, 6.45) is 0.219. The summed E-state index contributed by atoms with van der Waals surface area (Å²) in [4.78, 5) is 17.9. The molecule has 0 radical (unpaired) electrons. The van der Waals surface area contributed by atoms with Crippen LogP contribution in [0.2, 0.25) is 0 Å². The quantitative estimate of drug-likeness (QED) is 0.809. The van der Waals surface area contributed by atoms with Crippen molar-refractivity contribution < 1.29 is 13.2 Å². The lowest BCUT2D eigenvalue weighted by atomic mass is 10.1. The molecule has 9 heteroatoms. The number of amides is 1. The minimum atomic E-state index is -3.57. The molecule has 1 aromatic carbocycles. The zero-order valence-corrected chi connectivity index (χ0v) is 16.0. The van der Waals surface area contributed by atoms with Gasteiger partial charge in [-0.3, -0.25) is 9.69 Å². The van der Waals surface area contributed by atoms with Gasteiger partial charge in [-0.05, 0) is 31.7 Å². The molecule has 0 fully saturated rings. The number of likely N-dealkylation sites (N-methyl/N-ethyl adjacent to an activating group) is 1. The summed E-state index contributed by atoms with van der Waals surface area (Å²) < 4.78 is 27.1. The normalized spacial score (nSPS) is 11.5. The van der Waals surface area contributed by atoms with Crippen molar-refractivity contribution in [3.05, 3.63) is 40.0 Å². The summed E-state index contributed by atoms with van der Waals surface area (Å²) in [5, 5.41) is 0.360. The van der Waals surface area contributed by atoms with Crippen molar-refractivity contribution in [3.8, 4) is 0 Å². The van der Waals surface area contributed by atoms with Crippen LogP contribution in [-0.4, -0.2) is 33.4 Å². The molecule has 0 unspecified atom stereocenters. The van der Waals surface area contributed by atoms with Crippen molar-refractivity contribution in [2.24, 2.45) is 0 Å². The van der Waals surface area contributed by atoms with Crippen LogP contribution in [0, 0.1) is 6.92 Å². The van der Waals surface area contributed by atoms with Gasteiger partial charge in [0.05, 0.1) is 12.1 Å². The third-order valence-electron chi connectivity index (χ3n) is 3.19. The standard InChI is InChI=1S/C14H16BrN3O3S2/c1-9-13(23(20,21)16-2)22-14(17-9)18(3)12(19)8-10-4-6-11(15)7-5-10/h4-7,16H,8H2,1-3H3. The SMILES string of the molecule is CNS(=O)(=O)c1sc(N(C)C(=O)Cc2ccc(Br)cc2)nc1C. The molecular weight excluding hydrogens is 402 g/mol.